The third-order valence-corrected chi connectivity index (χ3v) is 3.80. The van der Waals surface area contributed by atoms with Gasteiger partial charge in [0, 0.05) is 17.0 Å². The van der Waals surface area contributed by atoms with E-state index in [1.807, 2.05) is 49.4 Å². The van der Waals surface area contributed by atoms with Crippen LogP contribution in [0.1, 0.15) is 35.3 Å². The fraction of sp³-hybridized carbons (Fsp3) is 0.250. The maximum Gasteiger partial charge on any atom is 0.127 e. The molecule has 2 aromatic carbocycles. The number of rotatable bonds is 1. The van der Waals surface area contributed by atoms with Crippen LogP contribution in [0.25, 0.3) is 0 Å². The molecular formula is C16H15ClO2. The molecule has 0 amide bonds. The van der Waals surface area contributed by atoms with Crippen LogP contribution >= 0.6 is 11.6 Å². The molecule has 2 atom stereocenters. The smallest absolute Gasteiger partial charge is 0.127 e. The summed E-state index contributed by atoms with van der Waals surface area (Å²) >= 11 is 5.98. The van der Waals surface area contributed by atoms with Crippen LogP contribution in [0.2, 0.25) is 5.02 Å². The lowest BCUT2D eigenvalue weighted by molar-refractivity contribution is 0.0655. The summed E-state index contributed by atoms with van der Waals surface area (Å²) in [7, 11) is 0. The van der Waals surface area contributed by atoms with Gasteiger partial charge in [-0.25, -0.2) is 0 Å². The van der Waals surface area contributed by atoms with E-state index in [1.54, 1.807) is 0 Å². The van der Waals surface area contributed by atoms with E-state index in [0.29, 0.717) is 6.42 Å². The van der Waals surface area contributed by atoms with E-state index in [2.05, 4.69) is 0 Å². The van der Waals surface area contributed by atoms with Gasteiger partial charge in [0.1, 0.15) is 11.9 Å². The Morgan fingerprint density at radius 1 is 1.16 bits per heavy atom. The van der Waals surface area contributed by atoms with Crippen LogP contribution in [0.4, 0.5) is 0 Å². The maximum absolute atomic E-state index is 10.2. The van der Waals surface area contributed by atoms with Gasteiger partial charge in [0.15, 0.2) is 0 Å². The highest BCUT2D eigenvalue weighted by molar-refractivity contribution is 6.30. The fourth-order valence-corrected chi connectivity index (χ4v) is 2.81. The van der Waals surface area contributed by atoms with Crippen molar-refractivity contribution < 1.29 is 9.84 Å². The Balaban J connectivity index is 1.97. The van der Waals surface area contributed by atoms with Gasteiger partial charge in [-0.3, -0.25) is 0 Å². The molecule has 0 radical (unpaired) electrons. The van der Waals surface area contributed by atoms with E-state index < -0.39 is 6.10 Å². The third kappa shape index (κ3) is 2.34. The zero-order valence-corrected chi connectivity index (χ0v) is 11.4. The van der Waals surface area contributed by atoms with E-state index in [1.165, 1.54) is 0 Å². The van der Waals surface area contributed by atoms with Gasteiger partial charge in [-0.2, -0.15) is 0 Å². The van der Waals surface area contributed by atoms with Crippen molar-refractivity contribution >= 4 is 11.6 Å². The van der Waals surface area contributed by atoms with Crippen molar-refractivity contribution in [1.29, 1.82) is 0 Å². The number of hydrogen-bond acceptors (Lipinski definition) is 2. The van der Waals surface area contributed by atoms with Crippen molar-refractivity contribution in [2.45, 2.75) is 25.6 Å². The van der Waals surface area contributed by atoms with Crippen molar-refractivity contribution in [3.05, 3.63) is 64.2 Å². The van der Waals surface area contributed by atoms with Crippen molar-refractivity contribution in [3.8, 4) is 5.75 Å². The molecule has 0 saturated heterocycles. The second-order valence-corrected chi connectivity index (χ2v) is 5.33. The van der Waals surface area contributed by atoms with Gasteiger partial charge in [0.2, 0.25) is 0 Å². The lowest BCUT2D eigenvalue weighted by Gasteiger charge is -2.30. The molecule has 0 fully saturated rings. The molecule has 0 aliphatic carbocycles. The molecule has 0 aromatic heterocycles. The van der Waals surface area contributed by atoms with Crippen LogP contribution in [0, 0.1) is 6.92 Å². The average molecular weight is 275 g/mol. The van der Waals surface area contributed by atoms with Gasteiger partial charge in [-0.1, -0.05) is 35.9 Å². The minimum Gasteiger partial charge on any atom is -0.485 e. The monoisotopic (exact) mass is 274 g/mol. The Bertz CT molecular complexity index is 609. The summed E-state index contributed by atoms with van der Waals surface area (Å²) in [5, 5.41) is 11.0. The second kappa shape index (κ2) is 4.87. The lowest BCUT2D eigenvalue weighted by Crippen LogP contribution is -2.19. The van der Waals surface area contributed by atoms with Crippen molar-refractivity contribution in [3.63, 3.8) is 0 Å². The van der Waals surface area contributed by atoms with Gasteiger partial charge < -0.3 is 9.84 Å². The SMILES string of the molecule is Cc1cc(Cl)ccc1C1C[C@H](O)c2ccccc2O1. The Hall–Kier alpha value is -1.51. The van der Waals surface area contributed by atoms with E-state index in [4.69, 9.17) is 16.3 Å². The van der Waals surface area contributed by atoms with Gasteiger partial charge in [-0.05, 0) is 36.2 Å². The Kier molecular flexibility index (Phi) is 3.21. The average Bonchev–Trinajstić information content (AvgIpc) is 2.38. The number of halogens is 1. The van der Waals surface area contributed by atoms with Crippen LogP contribution in [0.15, 0.2) is 42.5 Å². The molecule has 1 N–H and O–H groups in total. The summed E-state index contributed by atoms with van der Waals surface area (Å²) in [6, 6.07) is 13.4. The van der Waals surface area contributed by atoms with Crippen LogP contribution in [-0.4, -0.2) is 5.11 Å². The fourth-order valence-electron chi connectivity index (χ4n) is 2.59. The number of fused-ring (bicyclic) bond motifs is 1. The van der Waals surface area contributed by atoms with Gasteiger partial charge in [0.05, 0.1) is 6.10 Å². The first-order valence-electron chi connectivity index (χ1n) is 6.35. The minimum absolute atomic E-state index is 0.123. The Labute approximate surface area is 117 Å². The van der Waals surface area contributed by atoms with E-state index in [-0.39, 0.29) is 6.10 Å². The summed E-state index contributed by atoms with van der Waals surface area (Å²) in [6.07, 6.45) is -0.0355. The number of hydrogen-bond donors (Lipinski definition) is 1. The molecule has 0 spiro atoms. The molecule has 1 unspecified atom stereocenters. The van der Waals surface area contributed by atoms with E-state index in [0.717, 1.165) is 27.5 Å². The van der Waals surface area contributed by atoms with Gasteiger partial charge >= 0.3 is 0 Å². The molecule has 98 valence electrons. The highest BCUT2D eigenvalue weighted by Gasteiger charge is 2.28. The summed E-state index contributed by atoms with van der Waals surface area (Å²) < 4.78 is 6.01. The lowest BCUT2D eigenvalue weighted by atomic mass is 9.93. The number of benzene rings is 2. The van der Waals surface area contributed by atoms with E-state index >= 15 is 0 Å². The molecule has 2 nitrogen and oxygen atoms in total. The third-order valence-electron chi connectivity index (χ3n) is 3.56. The minimum atomic E-state index is -0.481. The first-order valence-corrected chi connectivity index (χ1v) is 6.72. The number of ether oxygens (including phenoxy) is 1. The van der Waals surface area contributed by atoms with Crippen molar-refractivity contribution in [1.82, 2.24) is 0 Å². The summed E-state index contributed by atoms with van der Waals surface area (Å²) in [4.78, 5) is 0. The Morgan fingerprint density at radius 2 is 1.95 bits per heavy atom. The zero-order chi connectivity index (χ0) is 13.4. The standard InChI is InChI=1S/C16H15ClO2/c1-10-8-11(17)6-7-12(10)16-9-14(18)13-4-2-3-5-15(13)19-16/h2-8,14,16,18H,9H2,1H3/t14-,16?/m0/s1. The molecular weight excluding hydrogens is 260 g/mol. The molecule has 1 aliphatic heterocycles. The quantitative estimate of drug-likeness (QED) is 0.844. The summed E-state index contributed by atoms with van der Waals surface area (Å²) in [5.41, 5.74) is 3.03. The predicted octanol–water partition coefficient (Wildman–Crippen LogP) is 4.21. The maximum atomic E-state index is 10.2. The van der Waals surface area contributed by atoms with Crippen molar-refractivity contribution in [2.24, 2.45) is 0 Å². The number of aryl methyl sites for hydroxylation is 1. The zero-order valence-electron chi connectivity index (χ0n) is 10.6. The molecule has 1 aliphatic rings. The first kappa shape index (κ1) is 12.5. The second-order valence-electron chi connectivity index (χ2n) is 4.90. The molecule has 1 heterocycles. The van der Waals surface area contributed by atoms with E-state index in [9.17, 15) is 5.11 Å². The molecule has 3 rings (SSSR count). The molecule has 0 bridgehead atoms. The van der Waals surface area contributed by atoms with Crippen molar-refractivity contribution in [2.75, 3.05) is 0 Å². The largest absolute Gasteiger partial charge is 0.485 e. The first-order chi connectivity index (χ1) is 9.15. The van der Waals surface area contributed by atoms with Gasteiger partial charge in [0.25, 0.3) is 0 Å². The number of aliphatic hydroxyl groups excluding tert-OH is 1. The predicted molar refractivity (Wildman–Crippen MR) is 75.6 cm³/mol. The molecule has 2 aromatic rings. The number of para-hydroxylation sites is 1. The normalized spacial score (nSPS) is 21.6. The highest BCUT2D eigenvalue weighted by Crippen LogP contribution is 2.41. The molecule has 19 heavy (non-hydrogen) atoms. The molecule has 0 saturated carbocycles. The van der Waals surface area contributed by atoms with Crippen LogP contribution < -0.4 is 4.74 Å². The van der Waals surface area contributed by atoms with Crippen LogP contribution in [-0.2, 0) is 0 Å². The summed E-state index contributed by atoms with van der Waals surface area (Å²) in [5.74, 6) is 0.764. The number of aliphatic hydroxyl groups is 1. The topological polar surface area (TPSA) is 29.5 Å². The highest BCUT2D eigenvalue weighted by atomic mass is 35.5. The van der Waals surface area contributed by atoms with Crippen LogP contribution in [0.3, 0.4) is 0 Å². The molecule has 3 heteroatoms. The summed E-state index contributed by atoms with van der Waals surface area (Å²) in [6.45, 7) is 2.01. The Morgan fingerprint density at radius 3 is 2.74 bits per heavy atom. The van der Waals surface area contributed by atoms with Gasteiger partial charge in [-0.15, -0.1) is 0 Å². The van der Waals surface area contributed by atoms with Crippen LogP contribution in [0.5, 0.6) is 5.75 Å².